The summed E-state index contributed by atoms with van der Waals surface area (Å²) in [4.78, 5) is 23.1. The number of carbonyl (C=O) groups excluding carboxylic acids is 2. The summed E-state index contributed by atoms with van der Waals surface area (Å²) in [7, 11) is -3.76. The van der Waals surface area contributed by atoms with Crippen molar-refractivity contribution in [2.75, 3.05) is 0 Å². The fourth-order valence-corrected chi connectivity index (χ4v) is 4.20. The van der Waals surface area contributed by atoms with E-state index in [-0.39, 0.29) is 22.1 Å². The Hall–Kier alpha value is -1.73. The van der Waals surface area contributed by atoms with Crippen LogP contribution in [0.2, 0.25) is 0 Å². The Balaban J connectivity index is 2.17. The van der Waals surface area contributed by atoms with Gasteiger partial charge in [0, 0.05) is 6.04 Å². The maximum Gasteiger partial charge on any atom is 0.346 e. The van der Waals surface area contributed by atoms with Gasteiger partial charge in [0.15, 0.2) is 0 Å². The summed E-state index contributed by atoms with van der Waals surface area (Å²) in [5.41, 5.74) is 0.110. The Labute approximate surface area is 149 Å². The summed E-state index contributed by atoms with van der Waals surface area (Å²) in [5, 5.41) is 0. The van der Waals surface area contributed by atoms with Crippen molar-refractivity contribution in [1.82, 2.24) is 4.72 Å². The standard InChI is InChI=1S/C18H25NO5S/c1-3-5-7-9-13(8-6-4-2)19-25(22,23)14-10-11-15-16(12-14)18(21)24-17(15)20/h10-13,19H,3-9H2,1-2H3. The molecule has 25 heavy (non-hydrogen) atoms. The molecule has 7 heteroatoms. The van der Waals surface area contributed by atoms with Crippen LogP contribution in [0.15, 0.2) is 23.1 Å². The van der Waals surface area contributed by atoms with Crippen LogP contribution in [0, 0.1) is 0 Å². The fourth-order valence-electron chi connectivity index (χ4n) is 2.87. The highest BCUT2D eigenvalue weighted by Crippen LogP contribution is 2.24. The van der Waals surface area contributed by atoms with Crippen LogP contribution in [0.5, 0.6) is 0 Å². The van der Waals surface area contributed by atoms with Crippen LogP contribution in [0.1, 0.15) is 79.5 Å². The molecule has 1 unspecified atom stereocenters. The Morgan fingerprint density at radius 3 is 2.28 bits per heavy atom. The second-order valence-corrected chi connectivity index (χ2v) is 8.05. The average molecular weight is 367 g/mol. The van der Waals surface area contributed by atoms with E-state index in [0.29, 0.717) is 0 Å². The quantitative estimate of drug-likeness (QED) is 0.389. The van der Waals surface area contributed by atoms with E-state index < -0.39 is 22.0 Å². The van der Waals surface area contributed by atoms with Crippen LogP contribution in [0.3, 0.4) is 0 Å². The highest BCUT2D eigenvalue weighted by molar-refractivity contribution is 7.89. The molecular formula is C18H25NO5S. The molecule has 0 spiro atoms. The Bertz CT molecular complexity index is 742. The zero-order valence-electron chi connectivity index (χ0n) is 14.7. The van der Waals surface area contributed by atoms with Crippen LogP contribution >= 0.6 is 0 Å². The highest BCUT2D eigenvalue weighted by Gasteiger charge is 2.31. The van der Waals surface area contributed by atoms with Gasteiger partial charge >= 0.3 is 11.9 Å². The van der Waals surface area contributed by atoms with Crippen molar-refractivity contribution in [2.24, 2.45) is 0 Å². The Morgan fingerprint density at radius 2 is 1.60 bits per heavy atom. The summed E-state index contributed by atoms with van der Waals surface area (Å²) < 4.78 is 32.6. The van der Waals surface area contributed by atoms with Crippen LogP contribution in [0.4, 0.5) is 0 Å². The molecule has 2 rings (SSSR count). The Kier molecular flexibility index (Phi) is 6.72. The number of sulfonamides is 1. The van der Waals surface area contributed by atoms with Gasteiger partial charge in [-0.1, -0.05) is 46.0 Å². The lowest BCUT2D eigenvalue weighted by Gasteiger charge is -2.18. The highest BCUT2D eigenvalue weighted by atomic mass is 32.2. The lowest BCUT2D eigenvalue weighted by Crippen LogP contribution is -2.35. The number of hydrogen-bond acceptors (Lipinski definition) is 5. The molecule has 6 nitrogen and oxygen atoms in total. The van der Waals surface area contributed by atoms with Crippen molar-refractivity contribution in [3.05, 3.63) is 29.3 Å². The number of hydrogen-bond donors (Lipinski definition) is 1. The molecule has 1 aliphatic rings. The van der Waals surface area contributed by atoms with E-state index in [9.17, 15) is 18.0 Å². The molecule has 0 amide bonds. The molecule has 0 fully saturated rings. The smallest absolute Gasteiger partial charge is 0.346 e. The van der Waals surface area contributed by atoms with E-state index in [1.54, 1.807) is 0 Å². The minimum atomic E-state index is -3.76. The summed E-state index contributed by atoms with van der Waals surface area (Å²) >= 11 is 0. The number of benzene rings is 1. The van der Waals surface area contributed by atoms with Crippen molar-refractivity contribution >= 4 is 22.0 Å². The van der Waals surface area contributed by atoms with E-state index >= 15 is 0 Å². The summed E-state index contributed by atoms with van der Waals surface area (Å²) in [6.07, 6.45) is 6.64. The number of ether oxygens (including phenoxy) is 1. The van der Waals surface area contributed by atoms with Gasteiger partial charge in [-0.05, 0) is 31.0 Å². The van der Waals surface area contributed by atoms with Gasteiger partial charge in [-0.3, -0.25) is 0 Å². The average Bonchev–Trinajstić information content (AvgIpc) is 2.86. The van der Waals surface area contributed by atoms with Gasteiger partial charge in [-0.2, -0.15) is 0 Å². The first-order valence-corrected chi connectivity index (χ1v) is 10.3. The number of carbonyl (C=O) groups is 2. The van der Waals surface area contributed by atoms with Gasteiger partial charge in [0.2, 0.25) is 10.0 Å². The summed E-state index contributed by atoms with van der Waals surface area (Å²) in [6.45, 7) is 4.18. The first-order chi connectivity index (χ1) is 11.9. The third-order valence-corrected chi connectivity index (χ3v) is 5.83. The first kappa shape index (κ1) is 19.6. The number of fused-ring (bicyclic) bond motifs is 1. The zero-order valence-corrected chi connectivity index (χ0v) is 15.5. The predicted molar refractivity (Wildman–Crippen MR) is 94.0 cm³/mol. The van der Waals surface area contributed by atoms with E-state index in [1.807, 2.05) is 0 Å². The van der Waals surface area contributed by atoms with Gasteiger partial charge in [0.05, 0.1) is 16.0 Å². The van der Waals surface area contributed by atoms with Crippen molar-refractivity contribution < 1.29 is 22.7 Å². The molecule has 0 aliphatic carbocycles. The van der Waals surface area contributed by atoms with Crippen molar-refractivity contribution in [3.63, 3.8) is 0 Å². The third kappa shape index (κ3) is 4.89. The summed E-state index contributed by atoms with van der Waals surface area (Å²) in [6, 6.07) is 3.76. The summed E-state index contributed by atoms with van der Waals surface area (Å²) in [5.74, 6) is -1.54. The fraction of sp³-hybridized carbons (Fsp3) is 0.556. The largest absolute Gasteiger partial charge is 0.386 e. The van der Waals surface area contributed by atoms with Crippen LogP contribution < -0.4 is 4.72 Å². The first-order valence-electron chi connectivity index (χ1n) is 8.82. The third-order valence-electron chi connectivity index (χ3n) is 4.31. The SMILES string of the molecule is CCCCCC(CCCC)NS(=O)(=O)c1ccc2c(c1)C(=O)OC2=O. The minimum Gasteiger partial charge on any atom is -0.386 e. The predicted octanol–water partition coefficient (Wildman–Crippen LogP) is 3.41. The van der Waals surface area contributed by atoms with E-state index in [4.69, 9.17) is 0 Å². The topological polar surface area (TPSA) is 89.5 Å². The van der Waals surface area contributed by atoms with Crippen molar-refractivity contribution in [3.8, 4) is 0 Å². The number of esters is 2. The van der Waals surface area contributed by atoms with Gasteiger partial charge < -0.3 is 4.74 Å². The van der Waals surface area contributed by atoms with Crippen LogP contribution in [-0.4, -0.2) is 26.4 Å². The van der Waals surface area contributed by atoms with Crippen LogP contribution in [0.25, 0.3) is 0 Å². The van der Waals surface area contributed by atoms with E-state index in [0.717, 1.165) is 44.9 Å². The maximum atomic E-state index is 12.7. The molecule has 0 aromatic heterocycles. The lowest BCUT2D eigenvalue weighted by molar-refractivity contribution is 0.0443. The molecule has 0 radical (unpaired) electrons. The van der Waals surface area contributed by atoms with E-state index in [2.05, 4.69) is 23.3 Å². The zero-order chi connectivity index (χ0) is 18.4. The molecule has 0 saturated carbocycles. The number of rotatable bonds is 10. The van der Waals surface area contributed by atoms with Gasteiger partial charge in [-0.25, -0.2) is 22.7 Å². The van der Waals surface area contributed by atoms with E-state index in [1.165, 1.54) is 18.2 Å². The molecule has 1 atom stereocenters. The molecule has 1 N–H and O–H groups in total. The Morgan fingerprint density at radius 1 is 0.960 bits per heavy atom. The normalized spacial score (nSPS) is 15.1. The van der Waals surface area contributed by atoms with Crippen molar-refractivity contribution in [1.29, 1.82) is 0 Å². The van der Waals surface area contributed by atoms with Gasteiger partial charge in [0.1, 0.15) is 0 Å². The minimum absolute atomic E-state index is 0.00367. The monoisotopic (exact) mass is 367 g/mol. The molecule has 138 valence electrons. The molecule has 1 aromatic rings. The molecule has 0 saturated heterocycles. The lowest BCUT2D eigenvalue weighted by atomic mass is 10.0. The van der Waals surface area contributed by atoms with Gasteiger partial charge in [-0.15, -0.1) is 0 Å². The number of cyclic esters (lactones) is 2. The second-order valence-electron chi connectivity index (χ2n) is 6.34. The van der Waals surface area contributed by atoms with Gasteiger partial charge in [0.25, 0.3) is 0 Å². The number of nitrogens with one attached hydrogen (secondary N) is 1. The molecule has 1 aliphatic heterocycles. The molecule has 1 heterocycles. The molecular weight excluding hydrogens is 342 g/mol. The van der Waals surface area contributed by atoms with Crippen LogP contribution in [-0.2, 0) is 14.8 Å². The second kappa shape index (κ2) is 8.58. The maximum absolute atomic E-state index is 12.7. The molecule has 0 bridgehead atoms. The number of unbranched alkanes of at least 4 members (excludes halogenated alkanes) is 3. The molecule has 1 aromatic carbocycles. The van der Waals surface area contributed by atoms with Crippen molar-refractivity contribution in [2.45, 2.75) is 69.7 Å².